The molecule has 1 fully saturated rings. The van der Waals surface area contributed by atoms with Gasteiger partial charge in [0, 0.05) is 26.2 Å². The summed E-state index contributed by atoms with van der Waals surface area (Å²) in [6.07, 6.45) is 1.60. The van der Waals surface area contributed by atoms with Crippen molar-refractivity contribution in [1.29, 1.82) is 0 Å². The molecule has 1 saturated heterocycles. The van der Waals surface area contributed by atoms with E-state index in [2.05, 4.69) is 10.6 Å². The monoisotopic (exact) mass is 245 g/mol. The Morgan fingerprint density at radius 3 is 2.62 bits per heavy atom. The number of nitrogens with one attached hydrogen (secondary N) is 2. The van der Waals surface area contributed by atoms with Gasteiger partial charge in [-0.15, -0.1) is 0 Å². The normalized spacial score (nSPS) is 16.8. The highest BCUT2D eigenvalue weighted by atomic mass is 32.1. The second-order valence-corrected chi connectivity index (χ2v) is 4.09. The molecule has 1 heterocycles. The van der Waals surface area contributed by atoms with E-state index in [-0.39, 0.29) is 6.09 Å². The molecule has 2 N–H and O–H groups in total. The van der Waals surface area contributed by atoms with Crippen LogP contribution in [0.3, 0.4) is 0 Å². The average molecular weight is 245 g/mol. The quantitative estimate of drug-likeness (QED) is 0.702. The zero-order valence-electron chi connectivity index (χ0n) is 9.78. The maximum Gasteiger partial charge on any atom is 0.409 e. The van der Waals surface area contributed by atoms with Gasteiger partial charge in [0.25, 0.3) is 0 Å². The predicted molar refractivity (Wildman–Crippen MR) is 66.4 cm³/mol. The molecule has 6 heteroatoms. The van der Waals surface area contributed by atoms with Crippen LogP contribution in [0.4, 0.5) is 4.79 Å². The number of carbonyl (C=O) groups is 1. The van der Waals surface area contributed by atoms with Crippen molar-refractivity contribution < 1.29 is 9.53 Å². The standard InChI is InChI=1S/C10H19N3O2S/c1-3-15-10(14)13-6-4-8(5-7-13)12-9(16)11-2/h8H,3-7H2,1-2H3,(H2,11,12,16). The third-order valence-corrected chi connectivity index (χ3v) is 2.91. The molecule has 0 aromatic heterocycles. The van der Waals surface area contributed by atoms with Gasteiger partial charge in [0.15, 0.2) is 5.11 Å². The second-order valence-electron chi connectivity index (χ2n) is 3.68. The molecular weight excluding hydrogens is 226 g/mol. The molecule has 0 unspecified atom stereocenters. The summed E-state index contributed by atoms with van der Waals surface area (Å²) in [5.74, 6) is 0. The molecule has 0 saturated carbocycles. The van der Waals surface area contributed by atoms with Crippen LogP contribution in [0, 0.1) is 0 Å². The van der Waals surface area contributed by atoms with Crippen LogP contribution < -0.4 is 10.6 Å². The minimum Gasteiger partial charge on any atom is -0.450 e. The SMILES string of the molecule is CCOC(=O)N1CCC(NC(=S)NC)CC1. The lowest BCUT2D eigenvalue weighted by atomic mass is 10.1. The second kappa shape index (κ2) is 6.52. The maximum atomic E-state index is 11.4. The van der Waals surface area contributed by atoms with Gasteiger partial charge in [-0.3, -0.25) is 0 Å². The summed E-state index contributed by atoms with van der Waals surface area (Å²) in [5.41, 5.74) is 0. The molecule has 5 nitrogen and oxygen atoms in total. The first-order chi connectivity index (χ1) is 7.67. The van der Waals surface area contributed by atoms with Crippen molar-refractivity contribution in [3.8, 4) is 0 Å². The van der Waals surface area contributed by atoms with Crippen molar-refractivity contribution in [1.82, 2.24) is 15.5 Å². The van der Waals surface area contributed by atoms with Crippen LogP contribution in [0.25, 0.3) is 0 Å². The average Bonchev–Trinajstić information content (AvgIpc) is 2.30. The van der Waals surface area contributed by atoms with Crippen molar-refractivity contribution in [2.45, 2.75) is 25.8 Å². The van der Waals surface area contributed by atoms with Gasteiger partial charge in [-0.05, 0) is 32.0 Å². The highest BCUT2D eigenvalue weighted by molar-refractivity contribution is 7.80. The van der Waals surface area contributed by atoms with Crippen LogP contribution in [0.15, 0.2) is 0 Å². The Hall–Kier alpha value is -1.04. The molecule has 1 amide bonds. The Labute approximate surface area is 102 Å². The van der Waals surface area contributed by atoms with E-state index in [4.69, 9.17) is 17.0 Å². The summed E-state index contributed by atoms with van der Waals surface area (Å²) in [6.45, 7) is 3.70. The first-order valence-corrected chi connectivity index (χ1v) is 5.98. The molecule has 16 heavy (non-hydrogen) atoms. The fourth-order valence-electron chi connectivity index (χ4n) is 1.68. The van der Waals surface area contributed by atoms with Crippen molar-refractivity contribution in [3.05, 3.63) is 0 Å². The van der Waals surface area contributed by atoms with Gasteiger partial charge in [-0.2, -0.15) is 0 Å². The number of hydrogen-bond acceptors (Lipinski definition) is 3. The highest BCUT2D eigenvalue weighted by Crippen LogP contribution is 2.11. The summed E-state index contributed by atoms with van der Waals surface area (Å²) in [6, 6.07) is 0.352. The number of carbonyl (C=O) groups excluding carboxylic acids is 1. The number of piperidine rings is 1. The van der Waals surface area contributed by atoms with Gasteiger partial charge in [-0.1, -0.05) is 0 Å². The summed E-state index contributed by atoms with van der Waals surface area (Å²) >= 11 is 5.03. The molecule has 0 radical (unpaired) electrons. The molecule has 0 aromatic rings. The summed E-state index contributed by atoms with van der Waals surface area (Å²) < 4.78 is 4.95. The van der Waals surface area contributed by atoms with Crippen LogP contribution >= 0.6 is 12.2 Å². The Morgan fingerprint density at radius 1 is 1.50 bits per heavy atom. The largest absolute Gasteiger partial charge is 0.450 e. The molecule has 0 spiro atoms. The predicted octanol–water partition coefficient (Wildman–Crippen LogP) is 0.701. The Bertz CT molecular complexity index is 252. The van der Waals surface area contributed by atoms with Crippen LogP contribution in [-0.4, -0.2) is 48.9 Å². The Kier molecular flexibility index (Phi) is 5.31. The lowest BCUT2D eigenvalue weighted by Crippen LogP contribution is -2.48. The minimum atomic E-state index is -0.211. The van der Waals surface area contributed by atoms with Gasteiger partial charge >= 0.3 is 6.09 Å². The van der Waals surface area contributed by atoms with E-state index < -0.39 is 0 Å². The molecule has 0 aliphatic carbocycles. The van der Waals surface area contributed by atoms with Crippen LogP contribution in [0.1, 0.15) is 19.8 Å². The van der Waals surface area contributed by atoms with Crippen molar-refractivity contribution in [2.24, 2.45) is 0 Å². The highest BCUT2D eigenvalue weighted by Gasteiger charge is 2.23. The van der Waals surface area contributed by atoms with E-state index >= 15 is 0 Å². The Morgan fingerprint density at radius 2 is 2.12 bits per heavy atom. The number of rotatable bonds is 2. The van der Waals surface area contributed by atoms with Crippen LogP contribution in [0.2, 0.25) is 0 Å². The number of amides is 1. The van der Waals surface area contributed by atoms with Gasteiger partial charge < -0.3 is 20.3 Å². The summed E-state index contributed by atoms with van der Waals surface area (Å²) in [7, 11) is 1.79. The fraction of sp³-hybridized carbons (Fsp3) is 0.800. The lowest BCUT2D eigenvalue weighted by molar-refractivity contribution is 0.0963. The topological polar surface area (TPSA) is 53.6 Å². The first-order valence-electron chi connectivity index (χ1n) is 5.57. The third kappa shape index (κ3) is 3.84. The number of hydrogen-bond donors (Lipinski definition) is 2. The van der Waals surface area contributed by atoms with Crippen LogP contribution in [-0.2, 0) is 4.74 Å². The molecule has 1 aliphatic rings. The van der Waals surface area contributed by atoms with E-state index in [0.717, 1.165) is 25.9 Å². The van der Waals surface area contributed by atoms with Gasteiger partial charge in [0.05, 0.1) is 6.61 Å². The number of likely N-dealkylation sites (tertiary alicyclic amines) is 1. The summed E-state index contributed by atoms with van der Waals surface area (Å²) in [4.78, 5) is 13.2. The van der Waals surface area contributed by atoms with E-state index in [1.54, 1.807) is 11.9 Å². The van der Waals surface area contributed by atoms with E-state index in [1.807, 2.05) is 6.92 Å². The zero-order chi connectivity index (χ0) is 12.0. The van der Waals surface area contributed by atoms with Crippen molar-refractivity contribution in [2.75, 3.05) is 26.7 Å². The van der Waals surface area contributed by atoms with Crippen molar-refractivity contribution >= 4 is 23.4 Å². The smallest absolute Gasteiger partial charge is 0.409 e. The summed E-state index contributed by atoms with van der Waals surface area (Å²) in [5, 5.41) is 6.74. The molecule has 0 bridgehead atoms. The maximum absolute atomic E-state index is 11.4. The molecule has 1 rings (SSSR count). The van der Waals surface area contributed by atoms with E-state index in [0.29, 0.717) is 17.8 Å². The van der Waals surface area contributed by atoms with Crippen LogP contribution in [0.5, 0.6) is 0 Å². The Balaban J connectivity index is 2.28. The minimum absolute atomic E-state index is 0.211. The van der Waals surface area contributed by atoms with Gasteiger partial charge in [-0.25, -0.2) is 4.79 Å². The fourth-order valence-corrected chi connectivity index (χ4v) is 1.85. The number of ether oxygens (including phenoxy) is 1. The number of thiocarbonyl (C=S) groups is 1. The molecule has 0 aromatic carbocycles. The molecule has 1 aliphatic heterocycles. The van der Waals surface area contributed by atoms with Gasteiger partial charge in [0.1, 0.15) is 0 Å². The molecule has 0 atom stereocenters. The molecular formula is C10H19N3O2S. The van der Waals surface area contributed by atoms with Gasteiger partial charge in [0.2, 0.25) is 0 Å². The third-order valence-electron chi connectivity index (χ3n) is 2.58. The van der Waals surface area contributed by atoms with Crippen molar-refractivity contribution in [3.63, 3.8) is 0 Å². The zero-order valence-corrected chi connectivity index (χ0v) is 10.6. The van der Waals surface area contributed by atoms with E-state index in [1.165, 1.54) is 0 Å². The molecule has 92 valence electrons. The van der Waals surface area contributed by atoms with E-state index in [9.17, 15) is 4.79 Å². The first kappa shape index (κ1) is 13.0. The lowest BCUT2D eigenvalue weighted by Gasteiger charge is -2.32. The number of nitrogens with zero attached hydrogens (tertiary/aromatic N) is 1.